The first-order valence-corrected chi connectivity index (χ1v) is 24.5. The van der Waals surface area contributed by atoms with Crippen molar-refractivity contribution in [1.82, 2.24) is 19.5 Å². The molecular formula is C31H54IN5O4Si2. The van der Waals surface area contributed by atoms with Gasteiger partial charge in [-0.3, -0.25) is 0 Å². The second-order valence-corrected chi connectivity index (χ2v) is 28.2. The largest absolute Gasteiger partial charge is 0.444 e. The normalized spacial score (nSPS) is 21.3. The maximum atomic E-state index is 13.2. The number of nitrogens with zero attached hydrogens (tertiary/aromatic N) is 5. The van der Waals surface area contributed by atoms with Crippen LogP contribution in [0.5, 0.6) is 0 Å². The minimum absolute atomic E-state index is 0.170. The molecule has 0 aromatic carbocycles. The van der Waals surface area contributed by atoms with Crippen molar-refractivity contribution in [3.05, 3.63) is 21.5 Å². The third-order valence-electron chi connectivity index (χ3n) is 8.24. The molecule has 4 heterocycles. The molecule has 0 spiro atoms. The molecule has 1 amide bonds. The summed E-state index contributed by atoms with van der Waals surface area (Å²) in [5.74, 6) is 1.20. The summed E-state index contributed by atoms with van der Waals surface area (Å²) in [5.41, 5.74) is 1.43. The number of fused-ring (bicyclic) bond motifs is 3. The number of anilines is 1. The lowest BCUT2D eigenvalue weighted by atomic mass is 9.77. The topological polar surface area (TPSA) is 81.4 Å². The van der Waals surface area contributed by atoms with Crippen molar-refractivity contribution in [3.8, 4) is 0 Å². The number of rotatable bonds is 12. The summed E-state index contributed by atoms with van der Waals surface area (Å²) in [5, 5.41) is 4.73. The molecule has 12 heteroatoms. The molecule has 0 radical (unpaired) electrons. The highest BCUT2D eigenvalue weighted by atomic mass is 127. The molecule has 2 atom stereocenters. The van der Waals surface area contributed by atoms with Crippen LogP contribution in [0, 0.1) is 3.57 Å². The van der Waals surface area contributed by atoms with Crippen LogP contribution in [0.15, 0.2) is 12.3 Å². The highest BCUT2D eigenvalue weighted by Crippen LogP contribution is 2.42. The average molecular weight is 744 g/mol. The van der Waals surface area contributed by atoms with Gasteiger partial charge in [0.25, 0.3) is 0 Å². The lowest BCUT2D eigenvalue weighted by Crippen LogP contribution is -2.55. The third kappa shape index (κ3) is 9.88. The van der Waals surface area contributed by atoms with Gasteiger partial charge in [0.15, 0.2) is 5.65 Å². The molecule has 0 aliphatic carbocycles. The van der Waals surface area contributed by atoms with Crippen LogP contribution in [0.25, 0.3) is 5.65 Å². The molecule has 2 aromatic rings. The van der Waals surface area contributed by atoms with Crippen molar-refractivity contribution < 1.29 is 19.0 Å². The van der Waals surface area contributed by atoms with Crippen molar-refractivity contribution in [2.75, 3.05) is 31.6 Å². The Bertz CT molecular complexity index is 1200. The van der Waals surface area contributed by atoms with Crippen LogP contribution in [0.3, 0.4) is 0 Å². The van der Waals surface area contributed by atoms with Gasteiger partial charge in [-0.05, 0) is 87.6 Å². The molecule has 2 fully saturated rings. The Hall–Kier alpha value is -1.23. The third-order valence-corrected chi connectivity index (χ3v) is 12.4. The second kappa shape index (κ2) is 14.0. The smallest absolute Gasteiger partial charge is 0.410 e. The summed E-state index contributed by atoms with van der Waals surface area (Å²) in [6, 6.07) is 4.77. The summed E-state index contributed by atoms with van der Waals surface area (Å²) in [6.07, 6.45) is 6.65. The molecule has 0 saturated carbocycles. The fourth-order valence-corrected chi connectivity index (χ4v) is 7.87. The number of ether oxygens (including phenoxy) is 3. The standard InChI is InChI=1S/C31H54IN5O4Si2/c1-31(2,3)41-30(38)36-24-11-10-12-25(36)18-23(17-24)27-19-28(37-29(34-27)26(32)20-33-37)35(21-39-13-15-42(4,5)6)22-40-14-16-43(7,8)9/h19-20,23-25H,10-18,21-22H2,1-9H3. The predicted molar refractivity (Wildman–Crippen MR) is 188 cm³/mol. The Labute approximate surface area is 274 Å². The number of amides is 1. The molecule has 2 saturated heterocycles. The first kappa shape index (κ1) is 34.6. The molecule has 2 aliphatic rings. The van der Waals surface area contributed by atoms with Crippen LogP contribution in [0.4, 0.5) is 10.6 Å². The predicted octanol–water partition coefficient (Wildman–Crippen LogP) is 7.80. The van der Waals surface area contributed by atoms with E-state index in [2.05, 4.69) is 72.8 Å². The lowest BCUT2D eigenvalue weighted by Gasteiger charge is -2.48. The maximum Gasteiger partial charge on any atom is 0.410 e. The van der Waals surface area contributed by atoms with E-state index in [1.165, 1.54) is 0 Å². The molecule has 43 heavy (non-hydrogen) atoms. The van der Waals surface area contributed by atoms with Gasteiger partial charge in [0.2, 0.25) is 0 Å². The Morgan fingerprint density at radius 3 is 2.07 bits per heavy atom. The molecule has 4 rings (SSSR count). The van der Waals surface area contributed by atoms with Crippen LogP contribution < -0.4 is 4.90 Å². The van der Waals surface area contributed by atoms with Crippen molar-refractivity contribution in [2.45, 2.75) is 128 Å². The van der Waals surface area contributed by atoms with E-state index in [0.717, 1.165) is 78.1 Å². The number of halogens is 1. The molecule has 2 unspecified atom stereocenters. The SMILES string of the molecule is CC(C)(C)OC(=O)N1C2CCCC1CC(c1cc(N(COCC[Si](C)(C)C)COCC[Si](C)(C)C)n3ncc(I)c3n1)C2. The summed E-state index contributed by atoms with van der Waals surface area (Å²) >= 11 is 2.33. The van der Waals surface area contributed by atoms with Crippen LogP contribution in [0.1, 0.15) is 64.5 Å². The van der Waals surface area contributed by atoms with Gasteiger partial charge in [-0.15, -0.1) is 0 Å². The van der Waals surface area contributed by atoms with Gasteiger partial charge in [0, 0.05) is 59.1 Å². The highest BCUT2D eigenvalue weighted by Gasteiger charge is 2.43. The zero-order chi connectivity index (χ0) is 31.6. The van der Waals surface area contributed by atoms with E-state index in [1.54, 1.807) is 0 Å². The van der Waals surface area contributed by atoms with E-state index < -0.39 is 21.7 Å². The van der Waals surface area contributed by atoms with E-state index in [1.807, 2.05) is 36.4 Å². The first-order chi connectivity index (χ1) is 20.0. The lowest BCUT2D eigenvalue weighted by molar-refractivity contribution is -0.0219. The average Bonchev–Trinajstić information content (AvgIpc) is 3.25. The number of hydrogen-bond acceptors (Lipinski definition) is 7. The zero-order valence-corrected chi connectivity index (χ0v) is 32.1. The molecule has 2 aromatic heterocycles. The number of hydrogen-bond donors (Lipinski definition) is 0. The van der Waals surface area contributed by atoms with Gasteiger partial charge in [-0.2, -0.15) is 9.61 Å². The Balaban J connectivity index is 1.60. The molecule has 9 nitrogen and oxygen atoms in total. The van der Waals surface area contributed by atoms with Crippen molar-refractivity contribution >= 4 is 56.3 Å². The molecule has 0 N–H and O–H groups in total. The first-order valence-electron chi connectivity index (χ1n) is 16.0. The van der Waals surface area contributed by atoms with Crippen LogP contribution in [0.2, 0.25) is 51.4 Å². The molecule has 242 valence electrons. The van der Waals surface area contributed by atoms with Gasteiger partial charge < -0.3 is 24.0 Å². The fraction of sp³-hybridized carbons (Fsp3) is 0.774. The van der Waals surface area contributed by atoms with E-state index in [0.29, 0.717) is 13.5 Å². The van der Waals surface area contributed by atoms with Crippen molar-refractivity contribution in [1.29, 1.82) is 0 Å². The highest BCUT2D eigenvalue weighted by molar-refractivity contribution is 14.1. The molecule has 2 bridgehead atoms. The molecule has 2 aliphatic heterocycles. The Kier molecular flexibility index (Phi) is 11.3. The van der Waals surface area contributed by atoms with E-state index >= 15 is 0 Å². The summed E-state index contributed by atoms with van der Waals surface area (Å²) in [4.78, 5) is 22.6. The van der Waals surface area contributed by atoms with Gasteiger partial charge in [0.1, 0.15) is 24.9 Å². The van der Waals surface area contributed by atoms with Crippen LogP contribution in [-0.4, -0.2) is 86.1 Å². The Morgan fingerprint density at radius 2 is 1.56 bits per heavy atom. The monoisotopic (exact) mass is 743 g/mol. The van der Waals surface area contributed by atoms with Crippen LogP contribution >= 0.6 is 22.6 Å². The molecular weight excluding hydrogens is 689 g/mol. The Morgan fingerprint density at radius 1 is 1.00 bits per heavy atom. The van der Waals surface area contributed by atoms with E-state index in [-0.39, 0.29) is 24.1 Å². The number of aromatic nitrogens is 3. The quantitative estimate of drug-likeness (QED) is 0.0951. The van der Waals surface area contributed by atoms with Gasteiger partial charge >= 0.3 is 6.09 Å². The van der Waals surface area contributed by atoms with Crippen molar-refractivity contribution in [2.24, 2.45) is 0 Å². The fourth-order valence-electron chi connectivity index (χ4n) is 5.88. The maximum absolute atomic E-state index is 13.2. The summed E-state index contributed by atoms with van der Waals surface area (Å²) < 4.78 is 21.3. The van der Waals surface area contributed by atoms with Gasteiger partial charge in [-0.25, -0.2) is 9.78 Å². The zero-order valence-electron chi connectivity index (χ0n) is 27.9. The number of piperidine rings is 2. The summed E-state index contributed by atoms with van der Waals surface area (Å²) in [6.45, 7) is 22.4. The van der Waals surface area contributed by atoms with Gasteiger partial charge in [0.05, 0.1) is 9.77 Å². The van der Waals surface area contributed by atoms with E-state index in [9.17, 15) is 4.79 Å². The van der Waals surface area contributed by atoms with E-state index in [4.69, 9.17) is 24.3 Å². The van der Waals surface area contributed by atoms with Gasteiger partial charge in [-0.1, -0.05) is 39.3 Å². The second-order valence-electron chi connectivity index (χ2n) is 15.8. The van der Waals surface area contributed by atoms with Crippen molar-refractivity contribution in [3.63, 3.8) is 0 Å². The minimum atomic E-state index is -1.21. The summed E-state index contributed by atoms with van der Waals surface area (Å²) in [7, 11) is -2.41. The minimum Gasteiger partial charge on any atom is -0.444 e. The van der Waals surface area contributed by atoms with Crippen LogP contribution in [-0.2, 0) is 14.2 Å². The number of carbonyl (C=O) groups is 1. The number of carbonyl (C=O) groups excluding carboxylic acids is 1.